The lowest BCUT2D eigenvalue weighted by Gasteiger charge is -2.11. The molecule has 2 heteroatoms. The first-order valence-corrected chi connectivity index (χ1v) is 4.71. The lowest BCUT2D eigenvalue weighted by Crippen LogP contribution is -2.16. The molecule has 13 heavy (non-hydrogen) atoms. The molecule has 1 aromatic carbocycles. The number of aryl methyl sites for hydroxylation is 2. The van der Waals surface area contributed by atoms with Gasteiger partial charge in [-0.3, -0.25) is 0 Å². The van der Waals surface area contributed by atoms with E-state index < -0.39 is 0 Å². The molecule has 1 aliphatic rings. The summed E-state index contributed by atoms with van der Waals surface area (Å²) in [5.41, 5.74) is 3.87. The summed E-state index contributed by atoms with van der Waals surface area (Å²) >= 11 is 0. The van der Waals surface area contributed by atoms with Crippen LogP contribution in [0.4, 0.5) is 0 Å². The molecule has 0 saturated heterocycles. The number of hydrogen-bond donors (Lipinski definition) is 1. The van der Waals surface area contributed by atoms with Gasteiger partial charge >= 0.3 is 0 Å². The van der Waals surface area contributed by atoms with Gasteiger partial charge in [-0.05, 0) is 25.0 Å². The summed E-state index contributed by atoms with van der Waals surface area (Å²) in [6.07, 6.45) is 0. The van der Waals surface area contributed by atoms with E-state index in [1.807, 2.05) is 0 Å². The second kappa shape index (κ2) is 3.38. The van der Waals surface area contributed by atoms with E-state index >= 15 is 0 Å². The fourth-order valence-electron chi connectivity index (χ4n) is 1.70. The van der Waals surface area contributed by atoms with Gasteiger partial charge in [0.25, 0.3) is 0 Å². The SMILES string of the molecule is Cc1ccc(C)c2c1CNCCO2. The molecule has 0 radical (unpaired) electrons. The van der Waals surface area contributed by atoms with Crippen LogP contribution in [0.2, 0.25) is 0 Å². The van der Waals surface area contributed by atoms with Gasteiger partial charge in [-0.15, -0.1) is 0 Å². The van der Waals surface area contributed by atoms with Crippen LogP contribution >= 0.6 is 0 Å². The van der Waals surface area contributed by atoms with Crippen LogP contribution in [0.25, 0.3) is 0 Å². The van der Waals surface area contributed by atoms with Crippen molar-refractivity contribution in [2.24, 2.45) is 0 Å². The fourth-order valence-corrected chi connectivity index (χ4v) is 1.70. The molecule has 2 nitrogen and oxygen atoms in total. The number of benzene rings is 1. The summed E-state index contributed by atoms with van der Waals surface area (Å²) in [4.78, 5) is 0. The summed E-state index contributed by atoms with van der Waals surface area (Å²) in [7, 11) is 0. The van der Waals surface area contributed by atoms with Gasteiger partial charge in [-0.1, -0.05) is 12.1 Å². The lowest BCUT2D eigenvalue weighted by molar-refractivity contribution is 0.323. The van der Waals surface area contributed by atoms with Crippen LogP contribution in [0.1, 0.15) is 16.7 Å². The third-order valence-electron chi connectivity index (χ3n) is 2.52. The minimum Gasteiger partial charge on any atom is -0.492 e. The average Bonchev–Trinajstić information content (AvgIpc) is 2.37. The van der Waals surface area contributed by atoms with Gasteiger partial charge < -0.3 is 10.1 Å². The first-order chi connectivity index (χ1) is 6.29. The van der Waals surface area contributed by atoms with Crippen LogP contribution in [0.15, 0.2) is 12.1 Å². The Morgan fingerprint density at radius 3 is 2.85 bits per heavy atom. The van der Waals surface area contributed by atoms with Crippen molar-refractivity contribution in [1.29, 1.82) is 0 Å². The first kappa shape index (κ1) is 8.57. The normalized spacial score (nSPS) is 15.8. The molecule has 0 amide bonds. The molecule has 0 bridgehead atoms. The van der Waals surface area contributed by atoms with Crippen LogP contribution in [0.5, 0.6) is 5.75 Å². The Labute approximate surface area is 78.9 Å². The molecule has 1 N–H and O–H groups in total. The molecule has 1 aromatic rings. The number of fused-ring (bicyclic) bond motifs is 1. The smallest absolute Gasteiger partial charge is 0.127 e. The highest BCUT2D eigenvalue weighted by molar-refractivity contribution is 5.45. The summed E-state index contributed by atoms with van der Waals surface area (Å²) in [5.74, 6) is 1.09. The first-order valence-electron chi connectivity index (χ1n) is 4.71. The number of nitrogens with one attached hydrogen (secondary N) is 1. The van der Waals surface area contributed by atoms with Gasteiger partial charge in [-0.25, -0.2) is 0 Å². The van der Waals surface area contributed by atoms with Crippen LogP contribution < -0.4 is 10.1 Å². The largest absolute Gasteiger partial charge is 0.492 e. The number of hydrogen-bond acceptors (Lipinski definition) is 2. The lowest BCUT2D eigenvalue weighted by atomic mass is 10.0. The Morgan fingerprint density at radius 1 is 1.23 bits per heavy atom. The van der Waals surface area contributed by atoms with E-state index in [4.69, 9.17) is 4.74 Å². The maximum Gasteiger partial charge on any atom is 0.127 e. The quantitative estimate of drug-likeness (QED) is 0.652. The zero-order valence-electron chi connectivity index (χ0n) is 8.18. The molecule has 0 fully saturated rings. The Balaban J connectivity index is 2.50. The Bertz CT molecular complexity index is 289. The van der Waals surface area contributed by atoms with Crippen molar-refractivity contribution in [3.63, 3.8) is 0 Å². The Morgan fingerprint density at radius 2 is 2.00 bits per heavy atom. The third kappa shape index (κ3) is 1.54. The van der Waals surface area contributed by atoms with Crippen molar-refractivity contribution in [2.45, 2.75) is 20.4 Å². The highest BCUT2D eigenvalue weighted by atomic mass is 16.5. The van der Waals surface area contributed by atoms with E-state index in [1.54, 1.807) is 0 Å². The Hall–Kier alpha value is -1.02. The van der Waals surface area contributed by atoms with Crippen LogP contribution in [0, 0.1) is 13.8 Å². The van der Waals surface area contributed by atoms with E-state index in [-0.39, 0.29) is 0 Å². The zero-order chi connectivity index (χ0) is 9.26. The third-order valence-corrected chi connectivity index (χ3v) is 2.52. The minimum atomic E-state index is 0.775. The van der Waals surface area contributed by atoms with Crippen molar-refractivity contribution in [2.75, 3.05) is 13.2 Å². The van der Waals surface area contributed by atoms with Crippen LogP contribution in [0.3, 0.4) is 0 Å². The summed E-state index contributed by atoms with van der Waals surface area (Å²) in [5, 5.41) is 3.35. The van der Waals surface area contributed by atoms with Crippen molar-refractivity contribution < 1.29 is 4.74 Å². The second-order valence-electron chi connectivity index (χ2n) is 3.53. The molecule has 0 spiro atoms. The molecule has 1 aliphatic heterocycles. The predicted octanol–water partition coefficient (Wildman–Crippen LogP) is 1.79. The highest BCUT2D eigenvalue weighted by Gasteiger charge is 2.12. The summed E-state index contributed by atoms with van der Waals surface area (Å²) < 4.78 is 5.70. The van der Waals surface area contributed by atoms with Crippen molar-refractivity contribution in [3.05, 3.63) is 28.8 Å². The van der Waals surface area contributed by atoms with Gasteiger partial charge in [0.2, 0.25) is 0 Å². The average molecular weight is 177 g/mol. The summed E-state index contributed by atoms with van der Waals surface area (Å²) in [6.45, 7) is 6.88. The van der Waals surface area contributed by atoms with E-state index in [2.05, 4.69) is 31.3 Å². The number of ether oxygens (including phenoxy) is 1. The fraction of sp³-hybridized carbons (Fsp3) is 0.455. The standard InChI is InChI=1S/C11H15NO/c1-8-3-4-9(2)11-10(8)7-12-5-6-13-11/h3-4,12H,5-7H2,1-2H3. The van der Waals surface area contributed by atoms with Gasteiger partial charge in [0.05, 0.1) is 0 Å². The topological polar surface area (TPSA) is 21.3 Å². The number of rotatable bonds is 0. The highest BCUT2D eigenvalue weighted by Crippen LogP contribution is 2.27. The van der Waals surface area contributed by atoms with Gasteiger partial charge in [0.1, 0.15) is 12.4 Å². The van der Waals surface area contributed by atoms with E-state index in [0.29, 0.717) is 0 Å². The van der Waals surface area contributed by atoms with E-state index in [9.17, 15) is 0 Å². The zero-order valence-corrected chi connectivity index (χ0v) is 8.18. The predicted molar refractivity (Wildman–Crippen MR) is 53.1 cm³/mol. The maximum atomic E-state index is 5.70. The molecule has 70 valence electrons. The van der Waals surface area contributed by atoms with Gasteiger partial charge in [0, 0.05) is 18.7 Å². The molecular weight excluding hydrogens is 162 g/mol. The molecule has 0 aromatic heterocycles. The second-order valence-corrected chi connectivity index (χ2v) is 3.53. The van der Waals surface area contributed by atoms with E-state index in [0.717, 1.165) is 25.4 Å². The van der Waals surface area contributed by atoms with Crippen LogP contribution in [-0.4, -0.2) is 13.2 Å². The van der Waals surface area contributed by atoms with Crippen LogP contribution in [-0.2, 0) is 6.54 Å². The van der Waals surface area contributed by atoms with Crippen molar-refractivity contribution in [3.8, 4) is 5.75 Å². The summed E-state index contributed by atoms with van der Waals surface area (Å²) in [6, 6.07) is 4.28. The van der Waals surface area contributed by atoms with Gasteiger partial charge in [-0.2, -0.15) is 0 Å². The monoisotopic (exact) mass is 177 g/mol. The minimum absolute atomic E-state index is 0.775. The van der Waals surface area contributed by atoms with Gasteiger partial charge in [0.15, 0.2) is 0 Å². The molecular formula is C11H15NO. The van der Waals surface area contributed by atoms with E-state index in [1.165, 1.54) is 16.7 Å². The van der Waals surface area contributed by atoms with Crippen molar-refractivity contribution >= 4 is 0 Å². The molecule has 0 atom stereocenters. The molecule has 0 aliphatic carbocycles. The molecule has 0 unspecified atom stereocenters. The van der Waals surface area contributed by atoms with Crippen molar-refractivity contribution in [1.82, 2.24) is 5.32 Å². The molecule has 0 saturated carbocycles. The molecule has 2 rings (SSSR count). The Kier molecular flexibility index (Phi) is 2.23. The molecule has 1 heterocycles. The maximum absolute atomic E-state index is 5.70.